The van der Waals surface area contributed by atoms with Gasteiger partial charge in [-0.2, -0.15) is 0 Å². The second kappa shape index (κ2) is 9.97. The number of H-pyrrole nitrogens is 1. The molecule has 7 heteroatoms. The lowest BCUT2D eigenvalue weighted by Crippen LogP contribution is -2.46. The number of piperazine rings is 1. The quantitative estimate of drug-likeness (QED) is 0.482. The molecule has 0 bridgehead atoms. The lowest BCUT2D eigenvalue weighted by atomic mass is 9.94. The highest BCUT2D eigenvalue weighted by atomic mass is 16.7. The van der Waals surface area contributed by atoms with Crippen molar-refractivity contribution in [2.45, 2.75) is 39.2 Å². The number of nitrogens with zero attached hydrogens (tertiary/aromatic N) is 2. The van der Waals surface area contributed by atoms with Crippen molar-refractivity contribution in [1.29, 1.82) is 0 Å². The topological polar surface area (TPSA) is 67.0 Å². The van der Waals surface area contributed by atoms with Crippen LogP contribution in [0.1, 0.15) is 33.1 Å². The van der Waals surface area contributed by atoms with Crippen LogP contribution in [0.5, 0.6) is 0 Å². The Bertz CT molecular complexity index is 1140. The molecular formula is C27H33N3O4. The molecule has 7 nitrogen and oxygen atoms in total. The number of ketones is 1. The summed E-state index contributed by atoms with van der Waals surface area (Å²) in [4.78, 5) is 21.3. The van der Waals surface area contributed by atoms with E-state index in [1.54, 1.807) is 12.3 Å². The molecule has 1 aromatic heterocycles. The highest BCUT2D eigenvalue weighted by Gasteiger charge is 2.28. The summed E-state index contributed by atoms with van der Waals surface area (Å²) in [6, 6.07) is 8.63. The second-order valence-corrected chi connectivity index (χ2v) is 9.18. The lowest BCUT2D eigenvalue weighted by molar-refractivity contribution is -0.114. The SMILES string of the molecule is CC1=C(C=C2C(=O)C(CCCCN3CCN(c4cccc5[nH]ccc45)CC3)=COC2C)OCO1. The highest BCUT2D eigenvalue weighted by Crippen LogP contribution is 2.28. The number of carbonyl (C=O) groups excluding carboxylic acids is 1. The van der Waals surface area contributed by atoms with Gasteiger partial charge >= 0.3 is 0 Å². The predicted molar refractivity (Wildman–Crippen MR) is 132 cm³/mol. The number of carbonyl (C=O) groups is 1. The molecule has 1 fully saturated rings. The fourth-order valence-electron chi connectivity index (χ4n) is 4.88. The second-order valence-electron chi connectivity index (χ2n) is 9.18. The standard InChI is InChI=1S/C27H33N3O4/c1-19-23(16-26-20(2)33-18-34-26)27(31)21(17-32-19)6-3-4-11-29-12-14-30(15-13-29)25-8-5-7-24-22(25)9-10-28-24/h5,7-10,16-17,19,28H,3-4,6,11-15,18H2,1-2H3. The van der Waals surface area contributed by atoms with Crippen LogP contribution in [0.2, 0.25) is 0 Å². The molecule has 3 aliphatic rings. The largest absolute Gasteiger partial charge is 0.493 e. The summed E-state index contributed by atoms with van der Waals surface area (Å²) < 4.78 is 16.5. The highest BCUT2D eigenvalue weighted by molar-refractivity contribution is 6.09. The van der Waals surface area contributed by atoms with Gasteiger partial charge in [0.1, 0.15) is 11.9 Å². The molecule has 180 valence electrons. The third-order valence-corrected chi connectivity index (χ3v) is 6.99. The first kappa shape index (κ1) is 22.6. The number of unbranched alkanes of at least 4 members (excludes halogenated alkanes) is 1. The molecule has 4 heterocycles. The molecular weight excluding hydrogens is 430 g/mol. The number of aromatic nitrogens is 1. The Labute approximate surface area is 200 Å². The Kier molecular flexibility index (Phi) is 6.63. The number of hydrogen-bond acceptors (Lipinski definition) is 6. The van der Waals surface area contributed by atoms with Crippen LogP contribution in [0.4, 0.5) is 5.69 Å². The van der Waals surface area contributed by atoms with Crippen molar-refractivity contribution in [3.8, 4) is 0 Å². The molecule has 1 saturated heterocycles. The van der Waals surface area contributed by atoms with E-state index in [1.807, 2.05) is 20.0 Å². The zero-order valence-corrected chi connectivity index (χ0v) is 20.0. The maximum absolute atomic E-state index is 13.0. The van der Waals surface area contributed by atoms with Crippen LogP contribution in [0.25, 0.3) is 10.9 Å². The molecule has 1 N–H and O–H groups in total. The van der Waals surface area contributed by atoms with Gasteiger partial charge in [-0.25, -0.2) is 0 Å². The first-order valence-electron chi connectivity index (χ1n) is 12.2. The van der Waals surface area contributed by atoms with Crippen molar-refractivity contribution in [1.82, 2.24) is 9.88 Å². The van der Waals surface area contributed by atoms with Crippen LogP contribution in [0.15, 0.2) is 65.5 Å². The number of ether oxygens (including phenoxy) is 3. The number of benzene rings is 1. The Morgan fingerprint density at radius 3 is 2.76 bits per heavy atom. The van der Waals surface area contributed by atoms with E-state index in [4.69, 9.17) is 14.2 Å². The van der Waals surface area contributed by atoms with Crippen LogP contribution in [0.3, 0.4) is 0 Å². The van der Waals surface area contributed by atoms with Gasteiger partial charge in [-0.05, 0) is 63.9 Å². The number of allylic oxidation sites excluding steroid dienone is 3. The summed E-state index contributed by atoms with van der Waals surface area (Å²) in [6.07, 6.45) is 7.91. The first-order valence-corrected chi connectivity index (χ1v) is 12.2. The molecule has 34 heavy (non-hydrogen) atoms. The van der Waals surface area contributed by atoms with Crippen molar-refractivity contribution in [3.05, 3.63) is 65.5 Å². The minimum absolute atomic E-state index is 0.0575. The molecule has 5 rings (SSSR count). The molecule has 0 saturated carbocycles. The van der Waals surface area contributed by atoms with Gasteiger partial charge in [-0.3, -0.25) is 9.69 Å². The maximum Gasteiger partial charge on any atom is 0.230 e. The first-order chi connectivity index (χ1) is 16.6. The maximum atomic E-state index is 13.0. The minimum Gasteiger partial charge on any atom is -0.493 e. The van der Waals surface area contributed by atoms with E-state index < -0.39 is 0 Å². The van der Waals surface area contributed by atoms with Gasteiger partial charge < -0.3 is 24.1 Å². The van der Waals surface area contributed by atoms with Crippen LogP contribution >= 0.6 is 0 Å². The molecule has 1 atom stereocenters. The Morgan fingerprint density at radius 2 is 1.97 bits per heavy atom. The fourth-order valence-corrected chi connectivity index (χ4v) is 4.88. The summed E-state index contributed by atoms with van der Waals surface area (Å²) in [5, 5.41) is 1.30. The van der Waals surface area contributed by atoms with E-state index in [1.165, 1.54) is 16.6 Å². The number of Topliss-reactive ketones (excluding diaryl/α,β-unsaturated/α-hetero) is 1. The zero-order chi connectivity index (χ0) is 23.5. The van der Waals surface area contributed by atoms with E-state index in [0.29, 0.717) is 17.1 Å². The van der Waals surface area contributed by atoms with Gasteiger partial charge in [0.15, 0.2) is 11.5 Å². The normalized spacial score (nSPS) is 22.7. The van der Waals surface area contributed by atoms with Gasteiger partial charge in [0.05, 0.1) is 6.26 Å². The number of anilines is 1. The summed E-state index contributed by atoms with van der Waals surface area (Å²) in [5.74, 6) is 1.38. The third kappa shape index (κ3) is 4.71. The van der Waals surface area contributed by atoms with Crippen molar-refractivity contribution in [2.24, 2.45) is 0 Å². The van der Waals surface area contributed by atoms with E-state index in [2.05, 4.69) is 39.0 Å². The van der Waals surface area contributed by atoms with Crippen LogP contribution in [-0.4, -0.2) is 61.3 Å². The average Bonchev–Trinajstić information content (AvgIpc) is 3.49. The Hall–Kier alpha value is -3.19. The summed E-state index contributed by atoms with van der Waals surface area (Å²) in [6.45, 7) is 9.19. The van der Waals surface area contributed by atoms with Gasteiger partial charge in [0.25, 0.3) is 0 Å². The number of hydrogen-bond donors (Lipinski definition) is 1. The van der Waals surface area contributed by atoms with Crippen LogP contribution in [-0.2, 0) is 19.0 Å². The van der Waals surface area contributed by atoms with E-state index >= 15 is 0 Å². The molecule has 3 aliphatic heterocycles. The summed E-state index contributed by atoms with van der Waals surface area (Å²) in [7, 11) is 0. The predicted octanol–water partition coefficient (Wildman–Crippen LogP) is 4.49. The minimum atomic E-state index is -0.283. The molecule has 1 unspecified atom stereocenters. The van der Waals surface area contributed by atoms with Crippen molar-refractivity contribution in [3.63, 3.8) is 0 Å². The van der Waals surface area contributed by atoms with Gasteiger partial charge in [0.2, 0.25) is 6.79 Å². The molecule has 0 spiro atoms. The zero-order valence-electron chi connectivity index (χ0n) is 20.0. The van der Waals surface area contributed by atoms with Crippen molar-refractivity contribution >= 4 is 22.4 Å². The number of aromatic amines is 1. The van der Waals surface area contributed by atoms with Gasteiger partial charge in [-0.1, -0.05) is 6.07 Å². The van der Waals surface area contributed by atoms with Gasteiger partial charge in [0, 0.05) is 60.1 Å². The van der Waals surface area contributed by atoms with E-state index in [0.717, 1.165) is 57.6 Å². The van der Waals surface area contributed by atoms with Crippen LogP contribution < -0.4 is 4.90 Å². The molecule has 0 aliphatic carbocycles. The fraction of sp³-hybridized carbons (Fsp3) is 0.444. The smallest absolute Gasteiger partial charge is 0.230 e. The lowest BCUT2D eigenvalue weighted by Gasteiger charge is -2.36. The average molecular weight is 464 g/mol. The molecule has 1 aromatic carbocycles. The molecule has 0 radical (unpaired) electrons. The summed E-state index contributed by atoms with van der Waals surface area (Å²) >= 11 is 0. The van der Waals surface area contributed by atoms with E-state index in [9.17, 15) is 4.79 Å². The Balaban J connectivity index is 1.09. The van der Waals surface area contributed by atoms with Crippen molar-refractivity contribution in [2.75, 3.05) is 44.4 Å². The molecule has 0 amide bonds. The molecule has 2 aromatic rings. The van der Waals surface area contributed by atoms with Crippen molar-refractivity contribution < 1.29 is 19.0 Å². The summed E-state index contributed by atoms with van der Waals surface area (Å²) in [5.41, 5.74) is 3.88. The number of nitrogens with one attached hydrogen (secondary N) is 1. The monoisotopic (exact) mass is 463 g/mol. The van der Waals surface area contributed by atoms with Gasteiger partial charge in [-0.15, -0.1) is 0 Å². The number of fused-ring (bicyclic) bond motifs is 1. The van der Waals surface area contributed by atoms with Crippen LogP contribution in [0, 0.1) is 0 Å². The number of rotatable bonds is 7. The van der Waals surface area contributed by atoms with E-state index in [-0.39, 0.29) is 18.7 Å². The third-order valence-electron chi connectivity index (χ3n) is 6.99. The Morgan fingerprint density at radius 1 is 1.12 bits per heavy atom.